The van der Waals surface area contributed by atoms with Crippen molar-refractivity contribution in [3.05, 3.63) is 54.1 Å². The molecule has 0 aliphatic carbocycles. The van der Waals surface area contributed by atoms with Crippen molar-refractivity contribution in [2.45, 2.75) is 32.2 Å². The topological polar surface area (TPSA) is 18.5 Å². The molecule has 27 heavy (non-hydrogen) atoms. The van der Waals surface area contributed by atoms with Crippen LogP contribution in [0.5, 0.6) is 0 Å². The van der Waals surface area contributed by atoms with Crippen LogP contribution in [0.1, 0.15) is 24.8 Å². The van der Waals surface area contributed by atoms with Gasteiger partial charge < -0.3 is 15.1 Å². The summed E-state index contributed by atoms with van der Waals surface area (Å²) >= 11 is 0. The van der Waals surface area contributed by atoms with E-state index in [1.165, 1.54) is 61.3 Å². The largest absolute Gasteiger partial charge is 0.371 e. The number of piperidine rings is 1. The van der Waals surface area contributed by atoms with E-state index in [-0.39, 0.29) is 0 Å². The quantitative estimate of drug-likeness (QED) is 0.860. The number of benzene rings is 2. The predicted molar refractivity (Wildman–Crippen MR) is 115 cm³/mol. The lowest BCUT2D eigenvalue weighted by Gasteiger charge is -2.34. The maximum Gasteiger partial charge on any atom is 0.0366 e. The molecule has 1 N–H and O–H groups in total. The highest BCUT2D eigenvalue weighted by Crippen LogP contribution is 2.26. The summed E-state index contributed by atoms with van der Waals surface area (Å²) in [6.07, 6.45) is 3.86. The first-order chi connectivity index (χ1) is 13.2. The molecule has 3 nitrogen and oxygen atoms in total. The molecule has 3 heteroatoms. The predicted octanol–water partition coefficient (Wildman–Crippen LogP) is 4.17. The average molecular weight is 364 g/mol. The zero-order valence-corrected chi connectivity index (χ0v) is 16.8. The summed E-state index contributed by atoms with van der Waals surface area (Å²) in [4.78, 5) is 5.00. The van der Waals surface area contributed by atoms with Crippen LogP contribution in [0.15, 0.2) is 48.5 Å². The molecule has 2 heterocycles. The Bertz CT molecular complexity index is 732. The van der Waals surface area contributed by atoms with Gasteiger partial charge in [-0.2, -0.15) is 0 Å². The van der Waals surface area contributed by atoms with Gasteiger partial charge in [-0.05, 0) is 75.5 Å². The zero-order valence-electron chi connectivity index (χ0n) is 16.8. The fraction of sp³-hybridized carbons (Fsp3) is 0.500. The third-order valence-electron chi connectivity index (χ3n) is 6.26. The highest BCUT2D eigenvalue weighted by atomic mass is 15.2. The van der Waals surface area contributed by atoms with Crippen molar-refractivity contribution < 1.29 is 0 Å². The van der Waals surface area contributed by atoms with E-state index in [9.17, 15) is 0 Å². The normalized spacial score (nSPS) is 21.7. The van der Waals surface area contributed by atoms with Gasteiger partial charge in [-0.3, -0.25) is 0 Å². The van der Waals surface area contributed by atoms with E-state index in [2.05, 4.69) is 77.6 Å². The second-order valence-corrected chi connectivity index (χ2v) is 8.50. The highest BCUT2D eigenvalue weighted by molar-refractivity contribution is 5.67. The van der Waals surface area contributed by atoms with Gasteiger partial charge in [0.05, 0.1) is 0 Å². The summed E-state index contributed by atoms with van der Waals surface area (Å²) in [6, 6.07) is 18.6. The third kappa shape index (κ3) is 4.72. The zero-order chi connectivity index (χ0) is 18.6. The van der Waals surface area contributed by atoms with E-state index < -0.39 is 0 Å². The summed E-state index contributed by atoms with van der Waals surface area (Å²) in [5.74, 6) is 0.849. The Kier molecular flexibility index (Phi) is 5.80. The molecule has 2 aromatic rings. The van der Waals surface area contributed by atoms with Crippen LogP contribution in [0.2, 0.25) is 0 Å². The van der Waals surface area contributed by atoms with E-state index in [1.54, 1.807) is 0 Å². The summed E-state index contributed by atoms with van der Waals surface area (Å²) in [7, 11) is 2.24. The summed E-state index contributed by atoms with van der Waals surface area (Å²) in [5, 5.41) is 3.84. The van der Waals surface area contributed by atoms with Crippen LogP contribution in [0.25, 0.3) is 11.1 Å². The van der Waals surface area contributed by atoms with Gasteiger partial charge in [-0.1, -0.05) is 42.0 Å². The van der Waals surface area contributed by atoms with Crippen molar-refractivity contribution in [1.82, 2.24) is 10.2 Å². The van der Waals surface area contributed by atoms with Gasteiger partial charge in [0.2, 0.25) is 0 Å². The monoisotopic (exact) mass is 363 g/mol. The first-order valence-electron chi connectivity index (χ1n) is 10.5. The fourth-order valence-corrected chi connectivity index (χ4v) is 4.56. The Morgan fingerprint density at radius 1 is 0.926 bits per heavy atom. The lowest BCUT2D eigenvalue weighted by Crippen LogP contribution is -2.44. The van der Waals surface area contributed by atoms with E-state index in [0.29, 0.717) is 6.04 Å². The molecule has 2 aliphatic heterocycles. The minimum atomic E-state index is 0.693. The summed E-state index contributed by atoms with van der Waals surface area (Å²) in [6.45, 7) is 8.20. The van der Waals surface area contributed by atoms with Crippen LogP contribution in [0, 0.1) is 12.8 Å². The van der Waals surface area contributed by atoms with Crippen molar-refractivity contribution >= 4 is 5.69 Å². The molecular formula is C24H33N3. The maximum absolute atomic E-state index is 3.84. The van der Waals surface area contributed by atoms with Gasteiger partial charge in [0.25, 0.3) is 0 Å². The molecule has 0 aromatic heterocycles. The number of hydrogen-bond acceptors (Lipinski definition) is 3. The van der Waals surface area contributed by atoms with Crippen molar-refractivity contribution in [3.63, 3.8) is 0 Å². The van der Waals surface area contributed by atoms with Crippen LogP contribution in [-0.4, -0.2) is 50.7 Å². The minimum Gasteiger partial charge on any atom is -0.371 e. The number of nitrogens with zero attached hydrogens (tertiary/aromatic N) is 2. The van der Waals surface area contributed by atoms with Gasteiger partial charge in [0.1, 0.15) is 0 Å². The van der Waals surface area contributed by atoms with E-state index in [4.69, 9.17) is 0 Å². The Morgan fingerprint density at radius 3 is 2.37 bits per heavy atom. The van der Waals surface area contributed by atoms with Gasteiger partial charge in [-0.25, -0.2) is 0 Å². The number of aryl methyl sites for hydroxylation is 1. The molecule has 0 radical (unpaired) electrons. The van der Waals surface area contributed by atoms with Gasteiger partial charge in [0.15, 0.2) is 0 Å². The maximum atomic E-state index is 3.84. The molecule has 2 fully saturated rings. The lowest BCUT2D eigenvalue weighted by atomic mass is 10.0. The van der Waals surface area contributed by atoms with Crippen molar-refractivity contribution in [2.75, 3.05) is 44.7 Å². The van der Waals surface area contributed by atoms with Gasteiger partial charge >= 0.3 is 0 Å². The van der Waals surface area contributed by atoms with Crippen LogP contribution < -0.4 is 10.2 Å². The number of anilines is 1. The smallest absolute Gasteiger partial charge is 0.0366 e. The third-order valence-corrected chi connectivity index (χ3v) is 6.26. The molecule has 2 saturated heterocycles. The minimum absolute atomic E-state index is 0.693. The van der Waals surface area contributed by atoms with E-state index in [1.807, 2.05) is 0 Å². The van der Waals surface area contributed by atoms with Crippen molar-refractivity contribution in [3.8, 4) is 11.1 Å². The van der Waals surface area contributed by atoms with Crippen LogP contribution in [-0.2, 0) is 0 Å². The van der Waals surface area contributed by atoms with Crippen molar-refractivity contribution in [2.24, 2.45) is 5.92 Å². The summed E-state index contributed by atoms with van der Waals surface area (Å²) in [5.41, 5.74) is 5.29. The number of nitrogens with one attached hydrogen (secondary N) is 1. The van der Waals surface area contributed by atoms with E-state index >= 15 is 0 Å². The van der Waals surface area contributed by atoms with Gasteiger partial charge in [-0.15, -0.1) is 0 Å². The molecule has 1 atom stereocenters. The fourth-order valence-electron chi connectivity index (χ4n) is 4.56. The van der Waals surface area contributed by atoms with Crippen LogP contribution in [0.4, 0.5) is 5.69 Å². The molecule has 0 spiro atoms. The number of hydrogen-bond donors (Lipinski definition) is 1. The number of likely N-dealkylation sites (tertiary alicyclic amines) is 1. The second kappa shape index (κ2) is 8.45. The Balaban J connectivity index is 1.28. The standard InChI is InChI=1S/C24H33N3/c1-19-4-3-5-22(16-19)21-6-8-24(9-7-21)27-14-11-23(12-15-27)25-17-20-10-13-26(2)18-20/h3-9,16,20,23,25H,10-15,17-18H2,1-2H3. The highest BCUT2D eigenvalue weighted by Gasteiger charge is 2.23. The summed E-state index contributed by atoms with van der Waals surface area (Å²) < 4.78 is 0. The average Bonchev–Trinajstić information content (AvgIpc) is 3.12. The first-order valence-corrected chi connectivity index (χ1v) is 10.5. The van der Waals surface area contributed by atoms with E-state index in [0.717, 1.165) is 19.0 Å². The first kappa shape index (κ1) is 18.5. The van der Waals surface area contributed by atoms with Gasteiger partial charge in [0, 0.05) is 31.4 Å². The lowest BCUT2D eigenvalue weighted by molar-refractivity contribution is 0.357. The molecule has 2 aliphatic rings. The SMILES string of the molecule is Cc1cccc(-c2ccc(N3CCC(NCC4CCN(C)C4)CC3)cc2)c1. The molecule has 4 rings (SSSR count). The molecule has 0 bridgehead atoms. The molecular weight excluding hydrogens is 330 g/mol. The molecule has 2 aromatic carbocycles. The van der Waals surface area contributed by atoms with Crippen molar-refractivity contribution in [1.29, 1.82) is 0 Å². The Morgan fingerprint density at radius 2 is 1.70 bits per heavy atom. The van der Waals surface area contributed by atoms with Crippen LogP contribution >= 0.6 is 0 Å². The number of rotatable bonds is 5. The molecule has 0 amide bonds. The molecule has 0 saturated carbocycles. The molecule has 144 valence electrons. The Hall–Kier alpha value is -1.84. The van der Waals surface area contributed by atoms with Crippen LogP contribution in [0.3, 0.4) is 0 Å². The second-order valence-electron chi connectivity index (χ2n) is 8.50. The molecule has 1 unspecified atom stereocenters. The Labute approximate surface area is 164 Å².